The zero-order valence-corrected chi connectivity index (χ0v) is 10.1. The van der Waals surface area contributed by atoms with Gasteiger partial charge in [0.15, 0.2) is 0 Å². The number of nitrogens with one attached hydrogen (secondary N) is 1. The van der Waals surface area contributed by atoms with Gasteiger partial charge < -0.3 is 15.0 Å². The molecule has 0 aliphatic heterocycles. The van der Waals surface area contributed by atoms with E-state index in [4.69, 9.17) is 0 Å². The lowest BCUT2D eigenvalue weighted by Gasteiger charge is -2.49. The number of rotatable bonds is 5. The summed E-state index contributed by atoms with van der Waals surface area (Å²) in [5, 5.41) is 13.1. The van der Waals surface area contributed by atoms with Gasteiger partial charge in [-0.05, 0) is 19.4 Å². The Hall–Kier alpha value is -0.870. The van der Waals surface area contributed by atoms with Crippen molar-refractivity contribution in [2.24, 2.45) is 5.41 Å². The third-order valence-electron chi connectivity index (χ3n) is 3.76. The summed E-state index contributed by atoms with van der Waals surface area (Å²) in [7, 11) is 0. The van der Waals surface area contributed by atoms with Crippen molar-refractivity contribution in [2.75, 3.05) is 6.54 Å². The molecule has 1 fully saturated rings. The van der Waals surface area contributed by atoms with Gasteiger partial charge in [0, 0.05) is 30.4 Å². The van der Waals surface area contributed by atoms with Crippen LogP contribution < -0.4 is 5.32 Å². The van der Waals surface area contributed by atoms with E-state index in [0.717, 1.165) is 25.9 Å². The largest absolute Gasteiger partial charge is 0.392 e. The van der Waals surface area contributed by atoms with Crippen LogP contribution in [-0.2, 0) is 6.54 Å². The first-order chi connectivity index (χ1) is 7.60. The minimum absolute atomic E-state index is 0.0367. The summed E-state index contributed by atoms with van der Waals surface area (Å²) < 4.78 is 2.09. The monoisotopic (exact) mass is 223 g/mol. The van der Waals surface area contributed by atoms with Crippen LogP contribution in [0.5, 0.6) is 0 Å². The quantitative estimate of drug-likeness (QED) is 0.733. The van der Waals surface area contributed by atoms with E-state index in [9.17, 15) is 5.11 Å². The Labute approximate surface area is 96.7 Å². The zero-order chi connectivity index (χ0) is 11.6. The Bertz CT molecular complexity index is 321. The lowest BCUT2D eigenvalue weighted by atomic mass is 9.64. The van der Waals surface area contributed by atoms with E-state index in [0.29, 0.717) is 6.04 Å². The van der Waals surface area contributed by atoms with Gasteiger partial charge in [0.25, 0.3) is 0 Å². The molecule has 4 heteroatoms. The van der Waals surface area contributed by atoms with Gasteiger partial charge in [-0.15, -0.1) is 0 Å². The van der Waals surface area contributed by atoms with Crippen molar-refractivity contribution in [3.63, 3.8) is 0 Å². The molecule has 0 bridgehead atoms. The summed E-state index contributed by atoms with van der Waals surface area (Å²) in [6.07, 6.45) is 7.47. The van der Waals surface area contributed by atoms with Gasteiger partial charge in [0.2, 0.25) is 0 Å². The van der Waals surface area contributed by atoms with E-state index in [1.54, 1.807) is 6.20 Å². The van der Waals surface area contributed by atoms with E-state index in [1.165, 1.54) is 0 Å². The van der Waals surface area contributed by atoms with Crippen LogP contribution in [0.25, 0.3) is 0 Å². The average Bonchev–Trinajstić information content (AvgIpc) is 2.75. The average molecular weight is 223 g/mol. The molecule has 0 saturated heterocycles. The van der Waals surface area contributed by atoms with Gasteiger partial charge >= 0.3 is 0 Å². The number of aryl methyl sites for hydroxylation is 1. The summed E-state index contributed by atoms with van der Waals surface area (Å²) in [5.74, 6) is 0. The molecule has 0 radical (unpaired) electrons. The molecule has 1 aliphatic carbocycles. The van der Waals surface area contributed by atoms with Crippen LogP contribution in [0.15, 0.2) is 18.7 Å². The van der Waals surface area contributed by atoms with Crippen molar-refractivity contribution in [1.82, 2.24) is 14.9 Å². The second kappa shape index (κ2) is 4.55. The molecule has 0 spiro atoms. The predicted octanol–water partition coefficient (Wildman–Crippen LogP) is 1.02. The van der Waals surface area contributed by atoms with Gasteiger partial charge in [0.1, 0.15) is 0 Å². The molecular formula is C12H21N3O. The smallest absolute Gasteiger partial charge is 0.0945 e. The molecule has 2 atom stereocenters. The number of aliphatic hydroxyl groups is 1. The van der Waals surface area contributed by atoms with Crippen molar-refractivity contribution in [3.05, 3.63) is 18.7 Å². The fourth-order valence-electron chi connectivity index (χ4n) is 2.21. The van der Waals surface area contributed by atoms with Gasteiger partial charge in [-0.2, -0.15) is 0 Å². The highest BCUT2D eigenvalue weighted by atomic mass is 16.3. The van der Waals surface area contributed by atoms with Crippen molar-refractivity contribution >= 4 is 0 Å². The molecule has 2 N–H and O–H groups in total. The number of aliphatic hydroxyl groups excluding tert-OH is 1. The Morgan fingerprint density at radius 2 is 2.38 bits per heavy atom. The minimum atomic E-state index is -0.140. The normalized spacial score (nSPS) is 27.7. The van der Waals surface area contributed by atoms with Gasteiger partial charge in [0.05, 0.1) is 12.4 Å². The summed E-state index contributed by atoms with van der Waals surface area (Å²) in [5.41, 5.74) is 0.0367. The fourth-order valence-corrected chi connectivity index (χ4v) is 2.21. The predicted molar refractivity (Wildman–Crippen MR) is 63.0 cm³/mol. The highest BCUT2D eigenvalue weighted by molar-refractivity contribution is 5.01. The molecule has 1 aromatic heterocycles. The Morgan fingerprint density at radius 1 is 1.56 bits per heavy atom. The third-order valence-corrected chi connectivity index (χ3v) is 3.76. The summed E-state index contributed by atoms with van der Waals surface area (Å²) in [4.78, 5) is 4.01. The maximum Gasteiger partial charge on any atom is 0.0945 e. The Morgan fingerprint density at radius 3 is 2.94 bits per heavy atom. The van der Waals surface area contributed by atoms with Crippen LogP contribution in [-0.4, -0.2) is 33.3 Å². The molecule has 4 nitrogen and oxygen atoms in total. The number of hydrogen-bond donors (Lipinski definition) is 2. The molecule has 1 heterocycles. The molecule has 1 saturated carbocycles. The first-order valence-corrected chi connectivity index (χ1v) is 5.98. The molecule has 1 aliphatic rings. The van der Waals surface area contributed by atoms with Crippen LogP contribution >= 0.6 is 0 Å². The molecule has 90 valence electrons. The van der Waals surface area contributed by atoms with E-state index < -0.39 is 0 Å². The van der Waals surface area contributed by atoms with Crippen LogP contribution in [0.2, 0.25) is 0 Å². The topological polar surface area (TPSA) is 50.1 Å². The summed E-state index contributed by atoms with van der Waals surface area (Å²) >= 11 is 0. The third kappa shape index (κ3) is 2.28. The number of aromatic nitrogens is 2. The SMILES string of the molecule is CC1(C)C(O)CC1NCCCn1ccnc1. The van der Waals surface area contributed by atoms with Crippen molar-refractivity contribution in [2.45, 2.75) is 45.4 Å². The lowest BCUT2D eigenvalue weighted by molar-refractivity contribution is -0.0723. The highest BCUT2D eigenvalue weighted by Crippen LogP contribution is 2.40. The summed E-state index contributed by atoms with van der Waals surface area (Å²) in [6, 6.07) is 0.463. The van der Waals surface area contributed by atoms with Crippen LogP contribution in [0, 0.1) is 5.41 Å². The standard InChI is InChI=1S/C12H21N3O/c1-12(2)10(8-11(12)16)14-4-3-6-15-7-5-13-9-15/h5,7,9-11,14,16H,3-4,6,8H2,1-2H3. The van der Waals surface area contributed by atoms with Crippen LogP contribution in [0.3, 0.4) is 0 Å². The van der Waals surface area contributed by atoms with Crippen LogP contribution in [0.1, 0.15) is 26.7 Å². The molecule has 2 unspecified atom stereocenters. The van der Waals surface area contributed by atoms with Crippen LogP contribution in [0.4, 0.5) is 0 Å². The number of hydrogen-bond acceptors (Lipinski definition) is 3. The highest BCUT2D eigenvalue weighted by Gasteiger charge is 2.46. The van der Waals surface area contributed by atoms with E-state index in [-0.39, 0.29) is 11.5 Å². The van der Waals surface area contributed by atoms with Crippen molar-refractivity contribution in [1.29, 1.82) is 0 Å². The number of imidazole rings is 1. The zero-order valence-electron chi connectivity index (χ0n) is 10.1. The Balaban J connectivity index is 1.62. The fraction of sp³-hybridized carbons (Fsp3) is 0.750. The van der Waals surface area contributed by atoms with E-state index in [1.807, 2.05) is 12.5 Å². The molecule has 0 amide bonds. The first kappa shape index (κ1) is 11.6. The second-order valence-electron chi connectivity index (χ2n) is 5.23. The molecule has 2 rings (SSSR count). The molecule has 1 aromatic rings. The second-order valence-corrected chi connectivity index (χ2v) is 5.23. The molecule has 16 heavy (non-hydrogen) atoms. The van der Waals surface area contributed by atoms with Gasteiger partial charge in [-0.1, -0.05) is 13.8 Å². The minimum Gasteiger partial charge on any atom is -0.392 e. The lowest BCUT2D eigenvalue weighted by Crippen LogP contribution is -2.60. The summed E-state index contributed by atoms with van der Waals surface area (Å²) in [6.45, 7) is 6.24. The van der Waals surface area contributed by atoms with E-state index in [2.05, 4.69) is 28.7 Å². The van der Waals surface area contributed by atoms with E-state index >= 15 is 0 Å². The molecular weight excluding hydrogens is 202 g/mol. The van der Waals surface area contributed by atoms with Gasteiger partial charge in [-0.3, -0.25) is 0 Å². The maximum absolute atomic E-state index is 9.60. The Kier molecular flexibility index (Phi) is 3.30. The first-order valence-electron chi connectivity index (χ1n) is 5.98. The molecule has 0 aromatic carbocycles. The maximum atomic E-state index is 9.60. The number of nitrogens with zero attached hydrogens (tertiary/aromatic N) is 2. The van der Waals surface area contributed by atoms with Crippen molar-refractivity contribution < 1.29 is 5.11 Å². The van der Waals surface area contributed by atoms with Crippen molar-refractivity contribution in [3.8, 4) is 0 Å². The van der Waals surface area contributed by atoms with Gasteiger partial charge in [-0.25, -0.2) is 4.98 Å².